The molecule has 0 rings (SSSR count). The molecule has 0 aromatic heterocycles. The standard InChI is InChI=1S/C11H24O/c1-4-5-6-7-8-9-10-11(2,3)12/h12H,4-10H2,1-3H3. The third-order valence-electron chi connectivity index (χ3n) is 2.14. The zero-order valence-corrected chi connectivity index (χ0v) is 8.90. The minimum atomic E-state index is -0.454. The smallest absolute Gasteiger partial charge is 0.0591 e. The fraction of sp³-hybridized carbons (Fsp3) is 1.00. The van der Waals surface area contributed by atoms with Crippen LogP contribution in [0.5, 0.6) is 0 Å². The Bertz CT molecular complexity index is 91.7. The van der Waals surface area contributed by atoms with Gasteiger partial charge >= 0.3 is 0 Å². The molecular formula is C11H24O. The zero-order chi connectivity index (χ0) is 9.45. The summed E-state index contributed by atoms with van der Waals surface area (Å²) in [4.78, 5) is 0. The maximum absolute atomic E-state index is 9.42. The van der Waals surface area contributed by atoms with Crippen LogP contribution < -0.4 is 0 Å². The van der Waals surface area contributed by atoms with Crippen LogP contribution in [0.15, 0.2) is 0 Å². The van der Waals surface area contributed by atoms with Gasteiger partial charge in [-0.15, -0.1) is 0 Å². The second kappa shape index (κ2) is 6.47. The van der Waals surface area contributed by atoms with Crippen LogP contribution in [0.3, 0.4) is 0 Å². The van der Waals surface area contributed by atoms with Gasteiger partial charge in [-0.2, -0.15) is 0 Å². The molecule has 12 heavy (non-hydrogen) atoms. The number of hydrogen-bond acceptors (Lipinski definition) is 1. The molecule has 74 valence electrons. The molecule has 0 fully saturated rings. The normalized spacial score (nSPS) is 12.0. The van der Waals surface area contributed by atoms with Crippen molar-refractivity contribution in [3.05, 3.63) is 0 Å². The lowest BCUT2D eigenvalue weighted by atomic mass is 10.00. The van der Waals surface area contributed by atoms with Crippen LogP contribution in [-0.4, -0.2) is 10.7 Å². The van der Waals surface area contributed by atoms with Crippen molar-refractivity contribution in [2.75, 3.05) is 0 Å². The lowest BCUT2D eigenvalue weighted by Crippen LogP contribution is -2.17. The van der Waals surface area contributed by atoms with Gasteiger partial charge in [-0.05, 0) is 20.3 Å². The van der Waals surface area contributed by atoms with Crippen molar-refractivity contribution >= 4 is 0 Å². The Morgan fingerprint density at radius 1 is 0.917 bits per heavy atom. The highest BCUT2D eigenvalue weighted by molar-refractivity contribution is 4.64. The minimum absolute atomic E-state index is 0.454. The Hall–Kier alpha value is -0.0400. The summed E-state index contributed by atoms with van der Waals surface area (Å²) in [7, 11) is 0. The van der Waals surface area contributed by atoms with Gasteiger partial charge in [0.15, 0.2) is 0 Å². The predicted molar refractivity (Wildman–Crippen MR) is 54.3 cm³/mol. The van der Waals surface area contributed by atoms with Gasteiger partial charge in [0.05, 0.1) is 5.60 Å². The predicted octanol–water partition coefficient (Wildman–Crippen LogP) is 3.51. The summed E-state index contributed by atoms with van der Waals surface area (Å²) in [5.74, 6) is 0. The van der Waals surface area contributed by atoms with Crippen molar-refractivity contribution < 1.29 is 5.11 Å². The Morgan fingerprint density at radius 3 is 1.92 bits per heavy atom. The van der Waals surface area contributed by atoms with E-state index in [0.29, 0.717) is 0 Å². The van der Waals surface area contributed by atoms with Gasteiger partial charge < -0.3 is 5.11 Å². The van der Waals surface area contributed by atoms with E-state index in [1.807, 2.05) is 13.8 Å². The summed E-state index contributed by atoms with van der Waals surface area (Å²) in [5.41, 5.74) is -0.454. The maximum atomic E-state index is 9.42. The summed E-state index contributed by atoms with van der Waals surface area (Å²) < 4.78 is 0. The quantitative estimate of drug-likeness (QED) is 0.583. The van der Waals surface area contributed by atoms with Crippen molar-refractivity contribution in [2.24, 2.45) is 0 Å². The second-order valence-corrected chi connectivity index (χ2v) is 4.33. The molecule has 0 bridgehead atoms. The molecule has 0 aliphatic carbocycles. The Kier molecular flexibility index (Phi) is 6.45. The Labute approximate surface area is 77.2 Å². The van der Waals surface area contributed by atoms with Gasteiger partial charge in [0.25, 0.3) is 0 Å². The SMILES string of the molecule is CCCCCCCCC(C)(C)O. The summed E-state index contributed by atoms with van der Waals surface area (Å²) >= 11 is 0. The molecule has 0 aromatic rings. The molecule has 0 amide bonds. The third-order valence-corrected chi connectivity index (χ3v) is 2.14. The highest BCUT2D eigenvalue weighted by Gasteiger charge is 2.10. The summed E-state index contributed by atoms with van der Waals surface area (Å²) in [6.07, 6.45) is 8.77. The Balaban J connectivity index is 3.01. The fourth-order valence-electron chi connectivity index (χ4n) is 1.34. The van der Waals surface area contributed by atoms with Gasteiger partial charge in [-0.1, -0.05) is 45.4 Å². The molecule has 1 heteroatoms. The van der Waals surface area contributed by atoms with E-state index in [0.717, 1.165) is 6.42 Å². The summed E-state index contributed by atoms with van der Waals surface area (Å²) in [6.45, 7) is 6.01. The van der Waals surface area contributed by atoms with Gasteiger partial charge in [0.1, 0.15) is 0 Å². The molecule has 0 saturated carbocycles. The van der Waals surface area contributed by atoms with Crippen LogP contribution in [0.25, 0.3) is 0 Å². The molecule has 1 nitrogen and oxygen atoms in total. The molecule has 0 heterocycles. The molecule has 1 N–H and O–H groups in total. The first kappa shape index (κ1) is 12.0. The van der Waals surface area contributed by atoms with Crippen LogP contribution in [0.2, 0.25) is 0 Å². The topological polar surface area (TPSA) is 20.2 Å². The first-order chi connectivity index (χ1) is 5.56. The fourth-order valence-corrected chi connectivity index (χ4v) is 1.34. The first-order valence-corrected chi connectivity index (χ1v) is 5.28. The number of aliphatic hydroxyl groups is 1. The zero-order valence-electron chi connectivity index (χ0n) is 8.90. The van der Waals surface area contributed by atoms with E-state index in [9.17, 15) is 5.11 Å². The van der Waals surface area contributed by atoms with Crippen molar-refractivity contribution in [1.82, 2.24) is 0 Å². The van der Waals surface area contributed by atoms with E-state index in [1.54, 1.807) is 0 Å². The Morgan fingerprint density at radius 2 is 1.42 bits per heavy atom. The lowest BCUT2D eigenvalue weighted by molar-refractivity contribution is 0.0680. The molecule has 0 spiro atoms. The summed E-state index contributed by atoms with van der Waals surface area (Å²) in [6, 6.07) is 0. The van der Waals surface area contributed by atoms with Crippen LogP contribution in [0, 0.1) is 0 Å². The molecule has 0 saturated heterocycles. The number of rotatable bonds is 7. The van der Waals surface area contributed by atoms with E-state index >= 15 is 0 Å². The van der Waals surface area contributed by atoms with Gasteiger partial charge in [-0.25, -0.2) is 0 Å². The molecule has 0 radical (unpaired) electrons. The van der Waals surface area contributed by atoms with Gasteiger partial charge in [-0.3, -0.25) is 0 Å². The maximum Gasteiger partial charge on any atom is 0.0591 e. The van der Waals surface area contributed by atoms with E-state index < -0.39 is 5.60 Å². The van der Waals surface area contributed by atoms with Crippen LogP contribution >= 0.6 is 0 Å². The molecule has 0 aromatic carbocycles. The van der Waals surface area contributed by atoms with Crippen molar-refractivity contribution in [2.45, 2.75) is 71.3 Å². The first-order valence-electron chi connectivity index (χ1n) is 5.28. The van der Waals surface area contributed by atoms with Gasteiger partial charge in [0.2, 0.25) is 0 Å². The second-order valence-electron chi connectivity index (χ2n) is 4.33. The number of unbranched alkanes of at least 4 members (excludes halogenated alkanes) is 5. The van der Waals surface area contributed by atoms with Crippen LogP contribution in [0.1, 0.15) is 65.7 Å². The molecule has 0 aliphatic heterocycles. The lowest BCUT2D eigenvalue weighted by Gasteiger charge is -2.16. The van der Waals surface area contributed by atoms with Gasteiger partial charge in [0, 0.05) is 0 Å². The average Bonchev–Trinajstić information content (AvgIpc) is 1.94. The molecular weight excluding hydrogens is 148 g/mol. The van der Waals surface area contributed by atoms with Crippen LogP contribution in [0.4, 0.5) is 0 Å². The number of hydrogen-bond donors (Lipinski definition) is 1. The highest BCUT2D eigenvalue weighted by Crippen LogP contribution is 2.14. The third kappa shape index (κ3) is 9.96. The van der Waals surface area contributed by atoms with Crippen molar-refractivity contribution in [3.63, 3.8) is 0 Å². The van der Waals surface area contributed by atoms with Crippen molar-refractivity contribution in [3.8, 4) is 0 Å². The van der Waals surface area contributed by atoms with E-state index in [-0.39, 0.29) is 0 Å². The average molecular weight is 172 g/mol. The monoisotopic (exact) mass is 172 g/mol. The minimum Gasteiger partial charge on any atom is -0.390 e. The van der Waals surface area contributed by atoms with E-state index in [2.05, 4.69) is 6.92 Å². The molecule has 0 atom stereocenters. The van der Waals surface area contributed by atoms with E-state index in [1.165, 1.54) is 38.5 Å². The molecule has 0 aliphatic rings. The van der Waals surface area contributed by atoms with E-state index in [4.69, 9.17) is 0 Å². The summed E-state index contributed by atoms with van der Waals surface area (Å²) in [5, 5.41) is 9.42. The largest absolute Gasteiger partial charge is 0.390 e. The molecule has 0 unspecified atom stereocenters. The van der Waals surface area contributed by atoms with Crippen molar-refractivity contribution in [1.29, 1.82) is 0 Å². The highest BCUT2D eigenvalue weighted by atomic mass is 16.3. The van der Waals surface area contributed by atoms with Crippen LogP contribution in [-0.2, 0) is 0 Å².